The van der Waals surface area contributed by atoms with E-state index in [2.05, 4.69) is 32.7 Å². The molecule has 0 radical (unpaired) electrons. The quantitative estimate of drug-likeness (QED) is 0.729. The SMILES string of the molecule is CC.CC1CCOC1.CCCN(C)CCC. The molecule has 1 unspecified atom stereocenters. The van der Waals surface area contributed by atoms with Crippen molar-refractivity contribution in [2.24, 2.45) is 5.92 Å². The van der Waals surface area contributed by atoms with Gasteiger partial charge in [-0.05, 0) is 45.3 Å². The van der Waals surface area contributed by atoms with Gasteiger partial charge in [0.25, 0.3) is 0 Å². The van der Waals surface area contributed by atoms with Crippen molar-refractivity contribution < 1.29 is 4.74 Å². The Hall–Kier alpha value is -0.0800. The largest absolute Gasteiger partial charge is 0.381 e. The molecular formula is C14H33NO. The predicted molar refractivity (Wildman–Crippen MR) is 74.0 cm³/mol. The fraction of sp³-hybridized carbons (Fsp3) is 1.00. The Labute approximate surface area is 103 Å². The fourth-order valence-electron chi connectivity index (χ4n) is 1.53. The summed E-state index contributed by atoms with van der Waals surface area (Å²) < 4.78 is 5.06. The molecule has 0 bridgehead atoms. The van der Waals surface area contributed by atoms with Crippen LogP contribution in [-0.4, -0.2) is 38.3 Å². The van der Waals surface area contributed by atoms with Crippen LogP contribution in [0.4, 0.5) is 0 Å². The Bertz CT molecular complexity index is 105. The molecule has 0 aromatic heterocycles. The van der Waals surface area contributed by atoms with Gasteiger partial charge in [-0.2, -0.15) is 0 Å². The summed E-state index contributed by atoms with van der Waals surface area (Å²) in [5.41, 5.74) is 0. The summed E-state index contributed by atoms with van der Waals surface area (Å²) in [5.74, 6) is 0.824. The molecule has 100 valence electrons. The van der Waals surface area contributed by atoms with Gasteiger partial charge in [-0.15, -0.1) is 0 Å². The summed E-state index contributed by atoms with van der Waals surface area (Å²) in [5, 5.41) is 0. The van der Waals surface area contributed by atoms with Crippen LogP contribution in [-0.2, 0) is 4.74 Å². The van der Waals surface area contributed by atoms with Crippen LogP contribution in [0.2, 0.25) is 0 Å². The monoisotopic (exact) mass is 231 g/mol. The second-order valence-electron chi connectivity index (χ2n) is 4.27. The minimum atomic E-state index is 0.824. The van der Waals surface area contributed by atoms with Gasteiger partial charge in [0.2, 0.25) is 0 Å². The Morgan fingerprint density at radius 3 is 1.81 bits per heavy atom. The zero-order chi connectivity index (χ0) is 12.8. The molecule has 1 fully saturated rings. The van der Waals surface area contributed by atoms with Crippen LogP contribution in [0.3, 0.4) is 0 Å². The standard InChI is InChI=1S/C7H17N.C5H10O.C2H6/c1-4-6-8(3)7-5-2;1-5-2-3-6-4-5;1-2/h4-7H2,1-3H3;5H,2-4H2,1H3;1-2H3. The number of rotatable bonds is 4. The lowest BCUT2D eigenvalue weighted by atomic mass is 10.2. The van der Waals surface area contributed by atoms with Crippen LogP contribution in [0.25, 0.3) is 0 Å². The minimum Gasteiger partial charge on any atom is -0.381 e. The Balaban J connectivity index is 0. The van der Waals surface area contributed by atoms with E-state index < -0.39 is 0 Å². The predicted octanol–water partition coefficient (Wildman–Crippen LogP) is 3.81. The molecule has 1 rings (SSSR count). The maximum Gasteiger partial charge on any atom is 0.0492 e. The van der Waals surface area contributed by atoms with E-state index in [-0.39, 0.29) is 0 Å². The maximum absolute atomic E-state index is 5.06. The van der Waals surface area contributed by atoms with Crippen LogP contribution in [0.5, 0.6) is 0 Å². The van der Waals surface area contributed by atoms with E-state index in [0.29, 0.717) is 0 Å². The molecule has 1 aliphatic rings. The first-order valence-electron chi connectivity index (χ1n) is 6.97. The molecule has 0 aromatic carbocycles. The molecule has 0 spiro atoms. The first-order valence-corrected chi connectivity index (χ1v) is 6.97. The van der Waals surface area contributed by atoms with E-state index >= 15 is 0 Å². The highest BCUT2D eigenvalue weighted by atomic mass is 16.5. The van der Waals surface area contributed by atoms with Crippen molar-refractivity contribution in [1.29, 1.82) is 0 Å². The molecule has 0 amide bonds. The van der Waals surface area contributed by atoms with Crippen molar-refractivity contribution in [3.8, 4) is 0 Å². The van der Waals surface area contributed by atoms with Gasteiger partial charge in [0.1, 0.15) is 0 Å². The maximum atomic E-state index is 5.06. The molecule has 2 nitrogen and oxygen atoms in total. The molecule has 1 saturated heterocycles. The van der Waals surface area contributed by atoms with Crippen molar-refractivity contribution in [3.05, 3.63) is 0 Å². The number of hydrogen-bond donors (Lipinski definition) is 0. The van der Waals surface area contributed by atoms with Crippen molar-refractivity contribution in [2.75, 3.05) is 33.4 Å². The Morgan fingerprint density at radius 1 is 1.12 bits per heavy atom. The topological polar surface area (TPSA) is 12.5 Å². The van der Waals surface area contributed by atoms with Crippen molar-refractivity contribution in [2.45, 2.75) is 53.9 Å². The lowest BCUT2D eigenvalue weighted by Gasteiger charge is -2.12. The van der Waals surface area contributed by atoms with Gasteiger partial charge in [0.05, 0.1) is 0 Å². The Kier molecular flexibility index (Phi) is 17.1. The molecule has 1 heterocycles. The average Bonchev–Trinajstić information content (AvgIpc) is 2.74. The smallest absolute Gasteiger partial charge is 0.0492 e. The highest BCUT2D eigenvalue weighted by molar-refractivity contribution is 4.55. The van der Waals surface area contributed by atoms with E-state index in [1.807, 2.05) is 13.8 Å². The molecule has 16 heavy (non-hydrogen) atoms. The third-order valence-corrected chi connectivity index (χ3v) is 2.37. The molecule has 2 heteroatoms. The molecule has 0 aliphatic carbocycles. The summed E-state index contributed by atoms with van der Waals surface area (Å²) in [6, 6.07) is 0. The first-order chi connectivity index (χ1) is 7.70. The van der Waals surface area contributed by atoms with Crippen LogP contribution >= 0.6 is 0 Å². The highest BCUT2D eigenvalue weighted by Gasteiger charge is 2.07. The van der Waals surface area contributed by atoms with Crippen LogP contribution in [0, 0.1) is 5.92 Å². The number of hydrogen-bond acceptors (Lipinski definition) is 2. The summed E-state index contributed by atoms with van der Waals surface area (Å²) in [6.45, 7) is 15.1. The summed E-state index contributed by atoms with van der Waals surface area (Å²) >= 11 is 0. The lowest BCUT2D eigenvalue weighted by Crippen LogP contribution is -2.19. The molecule has 1 atom stereocenters. The second-order valence-corrected chi connectivity index (χ2v) is 4.27. The van der Waals surface area contributed by atoms with Crippen LogP contribution < -0.4 is 0 Å². The van der Waals surface area contributed by atoms with Gasteiger partial charge < -0.3 is 9.64 Å². The third-order valence-electron chi connectivity index (χ3n) is 2.37. The minimum absolute atomic E-state index is 0.824. The van der Waals surface area contributed by atoms with Crippen molar-refractivity contribution in [3.63, 3.8) is 0 Å². The van der Waals surface area contributed by atoms with Gasteiger partial charge in [-0.3, -0.25) is 0 Å². The van der Waals surface area contributed by atoms with Gasteiger partial charge >= 0.3 is 0 Å². The molecule has 0 saturated carbocycles. The van der Waals surface area contributed by atoms with Gasteiger partial charge in [-0.1, -0.05) is 34.6 Å². The van der Waals surface area contributed by atoms with E-state index in [9.17, 15) is 0 Å². The molecule has 0 aromatic rings. The van der Waals surface area contributed by atoms with Crippen molar-refractivity contribution >= 4 is 0 Å². The van der Waals surface area contributed by atoms with E-state index in [0.717, 1.165) is 19.1 Å². The molecule has 0 N–H and O–H groups in total. The van der Waals surface area contributed by atoms with E-state index in [1.54, 1.807) is 0 Å². The van der Waals surface area contributed by atoms with Crippen molar-refractivity contribution in [1.82, 2.24) is 4.90 Å². The zero-order valence-corrected chi connectivity index (χ0v) is 12.4. The molecular weight excluding hydrogens is 198 g/mol. The average molecular weight is 231 g/mol. The summed E-state index contributed by atoms with van der Waals surface area (Å²) in [7, 11) is 2.17. The van der Waals surface area contributed by atoms with Crippen LogP contribution in [0.1, 0.15) is 53.9 Å². The second kappa shape index (κ2) is 14.9. The third kappa shape index (κ3) is 13.9. The summed E-state index contributed by atoms with van der Waals surface area (Å²) in [6.07, 6.45) is 3.81. The van der Waals surface area contributed by atoms with Crippen LogP contribution in [0.15, 0.2) is 0 Å². The Morgan fingerprint density at radius 2 is 1.62 bits per heavy atom. The fourth-order valence-corrected chi connectivity index (χ4v) is 1.53. The van der Waals surface area contributed by atoms with E-state index in [1.165, 1.54) is 32.4 Å². The number of ether oxygens (including phenoxy) is 1. The number of nitrogens with zero attached hydrogens (tertiary/aromatic N) is 1. The lowest BCUT2D eigenvalue weighted by molar-refractivity contribution is 0.188. The highest BCUT2D eigenvalue weighted by Crippen LogP contribution is 2.09. The normalized spacial score (nSPS) is 18.6. The summed E-state index contributed by atoms with van der Waals surface area (Å²) in [4.78, 5) is 2.36. The first kappa shape index (κ1) is 18.3. The zero-order valence-electron chi connectivity index (χ0n) is 12.4. The van der Waals surface area contributed by atoms with Gasteiger partial charge in [-0.25, -0.2) is 0 Å². The molecule has 1 aliphatic heterocycles. The van der Waals surface area contributed by atoms with Gasteiger partial charge in [0, 0.05) is 13.2 Å². The van der Waals surface area contributed by atoms with E-state index in [4.69, 9.17) is 4.74 Å². The van der Waals surface area contributed by atoms with Gasteiger partial charge in [0.15, 0.2) is 0 Å².